The molecule has 3 aromatic rings. The van der Waals surface area contributed by atoms with Gasteiger partial charge in [-0.15, -0.1) is 11.3 Å². The summed E-state index contributed by atoms with van der Waals surface area (Å²) in [5.74, 6) is 0.828. The Balaban J connectivity index is 1.86. The van der Waals surface area contributed by atoms with Crippen molar-refractivity contribution in [2.24, 2.45) is 0 Å². The molecule has 0 unspecified atom stereocenters. The molecule has 1 heterocycles. The topological polar surface area (TPSA) is 45.9 Å². The largest absolute Gasteiger partial charge is 0.494 e. The second kappa shape index (κ2) is 7.58. The maximum absolute atomic E-state index is 9.48. The first-order valence-corrected chi connectivity index (χ1v) is 8.54. The number of nitrogens with zero attached hydrogens (tertiary/aromatic N) is 2. The van der Waals surface area contributed by atoms with Gasteiger partial charge >= 0.3 is 0 Å². The smallest absolute Gasteiger partial charge is 0.134 e. The molecule has 0 N–H and O–H groups in total. The fourth-order valence-electron chi connectivity index (χ4n) is 2.27. The van der Waals surface area contributed by atoms with Crippen LogP contribution in [0.3, 0.4) is 0 Å². The summed E-state index contributed by atoms with van der Waals surface area (Å²) < 4.78 is 5.43. The Bertz CT molecular complexity index is 874. The van der Waals surface area contributed by atoms with Gasteiger partial charge in [-0.25, -0.2) is 4.98 Å². The lowest BCUT2D eigenvalue weighted by Gasteiger charge is -2.02. The van der Waals surface area contributed by atoms with E-state index in [1.54, 1.807) is 0 Å². The van der Waals surface area contributed by atoms with Crippen LogP contribution in [0.1, 0.15) is 17.5 Å². The zero-order valence-electron chi connectivity index (χ0n) is 13.3. The minimum Gasteiger partial charge on any atom is -0.494 e. The Hall–Kier alpha value is -2.90. The molecule has 0 bridgehead atoms. The van der Waals surface area contributed by atoms with E-state index in [1.807, 2.05) is 73.0 Å². The van der Waals surface area contributed by atoms with Crippen molar-refractivity contribution in [2.75, 3.05) is 6.61 Å². The summed E-state index contributed by atoms with van der Waals surface area (Å²) in [4.78, 5) is 4.60. The Kier molecular flexibility index (Phi) is 5.05. The van der Waals surface area contributed by atoms with Gasteiger partial charge in [0.2, 0.25) is 0 Å². The number of ether oxygens (including phenoxy) is 1. The van der Waals surface area contributed by atoms with Gasteiger partial charge in [-0.1, -0.05) is 42.5 Å². The van der Waals surface area contributed by atoms with E-state index in [-0.39, 0.29) is 0 Å². The summed E-state index contributed by atoms with van der Waals surface area (Å²) in [6, 6.07) is 19.9. The molecule has 3 nitrogen and oxygen atoms in total. The molecule has 2 aromatic carbocycles. The number of hydrogen-bond donors (Lipinski definition) is 0. The summed E-state index contributed by atoms with van der Waals surface area (Å²) >= 11 is 1.48. The van der Waals surface area contributed by atoms with Crippen LogP contribution < -0.4 is 4.74 Å². The van der Waals surface area contributed by atoms with Crippen LogP contribution in [0.25, 0.3) is 22.9 Å². The molecular weight excluding hydrogens is 316 g/mol. The number of nitriles is 1. The van der Waals surface area contributed by atoms with Gasteiger partial charge in [-0.2, -0.15) is 5.26 Å². The Morgan fingerprint density at radius 1 is 1.17 bits per heavy atom. The summed E-state index contributed by atoms with van der Waals surface area (Å²) in [6.45, 7) is 2.59. The quantitative estimate of drug-likeness (QED) is 0.598. The number of aromatic nitrogens is 1. The lowest BCUT2D eigenvalue weighted by molar-refractivity contribution is 0.340. The molecule has 0 spiro atoms. The zero-order chi connectivity index (χ0) is 16.8. The number of rotatable bonds is 5. The minimum atomic E-state index is 0.561. The normalized spacial score (nSPS) is 11.1. The molecule has 0 saturated carbocycles. The van der Waals surface area contributed by atoms with Gasteiger partial charge in [-0.05, 0) is 30.7 Å². The Morgan fingerprint density at radius 3 is 2.58 bits per heavy atom. The first kappa shape index (κ1) is 16.0. The zero-order valence-corrected chi connectivity index (χ0v) is 14.1. The molecule has 0 aliphatic carbocycles. The molecular formula is C20H16N2OS. The minimum absolute atomic E-state index is 0.561. The van der Waals surface area contributed by atoms with Crippen LogP contribution in [0.5, 0.6) is 5.75 Å². The average Bonchev–Trinajstić information content (AvgIpc) is 3.12. The van der Waals surface area contributed by atoms with E-state index >= 15 is 0 Å². The van der Waals surface area contributed by atoms with Gasteiger partial charge in [0.05, 0.1) is 17.9 Å². The molecule has 0 atom stereocenters. The lowest BCUT2D eigenvalue weighted by Crippen LogP contribution is -1.90. The van der Waals surface area contributed by atoms with Crippen LogP contribution in [-0.2, 0) is 0 Å². The highest BCUT2D eigenvalue weighted by Crippen LogP contribution is 2.27. The highest BCUT2D eigenvalue weighted by atomic mass is 32.1. The van der Waals surface area contributed by atoms with E-state index in [0.717, 1.165) is 27.6 Å². The van der Waals surface area contributed by atoms with Crippen molar-refractivity contribution in [3.05, 3.63) is 70.5 Å². The van der Waals surface area contributed by atoms with Crippen molar-refractivity contribution >= 4 is 23.0 Å². The molecule has 0 aliphatic rings. The van der Waals surface area contributed by atoms with Gasteiger partial charge in [0.15, 0.2) is 0 Å². The predicted octanol–water partition coefficient (Wildman–Crippen LogP) is 5.27. The summed E-state index contributed by atoms with van der Waals surface area (Å²) in [6.07, 6.45) is 1.85. The highest BCUT2D eigenvalue weighted by molar-refractivity contribution is 7.11. The van der Waals surface area contributed by atoms with Gasteiger partial charge < -0.3 is 4.74 Å². The van der Waals surface area contributed by atoms with Crippen LogP contribution in [0.15, 0.2) is 60.0 Å². The summed E-state index contributed by atoms with van der Waals surface area (Å²) in [5.41, 5.74) is 3.46. The van der Waals surface area contributed by atoms with Crippen LogP contribution in [0, 0.1) is 11.3 Å². The van der Waals surface area contributed by atoms with Crippen molar-refractivity contribution < 1.29 is 4.74 Å². The van der Waals surface area contributed by atoms with Crippen molar-refractivity contribution in [1.82, 2.24) is 4.98 Å². The predicted molar refractivity (Wildman–Crippen MR) is 98.6 cm³/mol. The fraction of sp³-hybridized carbons (Fsp3) is 0.100. The summed E-state index contributed by atoms with van der Waals surface area (Å²) in [7, 11) is 0. The van der Waals surface area contributed by atoms with E-state index in [9.17, 15) is 5.26 Å². The molecule has 3 rings (SSSR count). The van der Waals surface area contributed by atoms with Crippen molar-refractivity contribution in [3.63, 3.8) is 0 Å². The van der Waals surface area contributed by atoms with E-state index < -0.39 is 0 Å². The van der Waals surface area contributed by atoms with Crippen LogP contribution in [-0.4, -0.2) is 11.6 Å². The van der Waals surface area contributed by atoms with Gasteiger partial charge in [-0.3, -0.25) is 0 Å². The van der Waals surface area contributed by atoms with E-state index in [0.29, 0.717) is 12.2 Å². The summed E-state index contributed by atoms with van der Waals surface area (Å²) in [5, 5.41) is 12.2. The van der Waals surface area contributed by atoms with Crippen LogP contribution in [0.2, 0.25) is 0 Å². The Labute approximate surface area is 145 Å². The van der Waals surface area contributed by atoms with Crippen molar-refractivity contribution in [3.8, 4) is 23.1 Å². The standard InChI is InChI=1S/C20H16N2OS/c1-2-23-18-10-8-15(9-11-18)12-17(13-21)20-22-19(14-24-20)16-6-4-3-5-7-16/h3-12,14H,2H2,1H3/b17-12+. The van der Waals surface area contributed by atoms with Crippen LogP contribution in [0.4, 0.5) is 0 Å². The molecule has 0 fully saturated rings. The average molecular weight is 332 g/mol. The van der Waals surface area contributed by atoms with E-state index in [4.69, 9.17) is 4.74 Å². The van der Waals surface area contributed by atoms with Gasteiger partial charge in [0.25, 0.3) is 0 Å². The van der Waals surface area contributed by atoms with E-state index in [2.05, 4.69) is 11.1 Å². The van der Waals surface area contributed by atoms with Gasteiger partial charge in [0.1, 0.15) is 16.8 Å². The molecule has 0 aliphatic heterocycles. The molecule has 24 heavy (non-hydrogen) atoms. The number of hydrogen-bond acceptors (Lipinski definition) is 4. The number of thiazole rings is 1. The second-order valence-corrected chi connectivity index (χ2v) is 5.93. The van der Waals surface area contributed by atoms with Crippen molar-refractivity contribution in [1.29, 1.82) is 5.26 Å². The molecule has 0 radical (unpaired) electrons. The SMILES string of the molecule is CCOc1ccc(/C=C(\C#N)c2nc(-c3ccccc3)cs2)cc1. The number of benzene rings is 2. The van der Waals surface area contributed by atoms with E-state index in [1.165, 1.54) is 11.3 Å². The monoisotopic (exact) mass is 332 g/mol. The third-order valence-corrected chi connectivity index (χ3v) is 4.30. The fourth-order valence-corrected chi connectivity index (χ4v) is 3.07. The highest BCUT2D eigenvalue weighted by Gasteiger charge is 2.09. The molecule has 0 amide bonds. The third kappa shape index (κ3) is 3.70. The van der Waals surface area contributed by atoms with Crippen molar-refractivity contribution in [2.45, 2.75) is 6.92 Å². The number of allylic oxidation sites excluding steroid dienone is 1. The molecule has 0 saturated heterocycles. The lowest BCUT2D eigenvalue weighted by atomic mass is 10.1. The maximum atomic E-state index is 9.48. The second-order valence-electron chi connectivity index (χ2n) is 5.08. The molecule has 118 valence electrons. The van der Waals surface area contributed by atoms with Gasteiger partial charge in [0, 0.05) is 10.9 Å². The maximum Gasteiger partial charge on any atom is 0.134 e. The first-order chi connectivity index (χ1) is 11.8. The third-order valence-electron chi connectivity index (χ3n) is 3.43. The molecule has 4 heteroatoms. The molecule has 1 aromatic heterocycles. The first-order valence-electron chi connectivity index (χ1n) is 7.66. The Morgan fingerprint density at radius 2 is 1.92 bits per heavy atom. The van der Waals surface area contributed by atoms with Crippen LogP contribution >= 0.6 is 11.3 Å².